The van der Waals surface area contributed by atoms with Crippen molar-refractivity contribution in [1.29, 1.82) is 0 Å². The average molecular weight is 425 g/mol. The molecule has 2 N–H and O–H groups in total. The summed E-state index contributed by atoms with van der Waals surface area (Å²) < 4.78 is 5.45. The number of amides is 1. The second kappa shape index (κ2) is 7.70. The lowest BCUT2D eigenvalue weighted by Gasteiger charge is -2.26. The largest absolute Gasteiger partial charge is 0.507 e. The molecule has 158 valence electrons. The van der Waals surface area contributed by atoms with E-state index in [9.17, 15) is 14.7 Å². The number of fused-ring (bicyclic) bond motifs is 1. The standard InChI is InChI=1S/C25H19N3O4/c1-32-20-11-5-4-10-19(20)28-22(15-7-6-12-26-13-15)21(24(30)25(28)31)23(29)17-14-27-18-9-3-2-8-16(17)18/h2-14,22,27,29H,1H3/b23-21-. The number of aromatic nitrogens is 2. The van der Waals surface area contributed by atoms with Crippen LogP contribution in [0.5, 0.6) is 5.75 Å². The zero-order valence-corrected chi connectivity index (χ0v) is 17.1. The van der Waals surface area contributed by atoms with Crippen LogP contribution in [0, 0.1) is 0 Å². The Kier molecular flexibility index (Phi) is 4.71. The van der Waals surface area contributed by atoms with Crippen LogP contribution in [0.15, 0.2) is 84.8 Å². The Balaban J connectivity index is 1.77. The summed E-state index contributed by atoms with van der Waals surface area (Å²) >= 11 is 0. The van der Waals surface area contributed by atoms with Crippen molar-refractivity contribution < 1.29 is 19.4 Å². The first kappa shape index (κ1) is 19.6. The van der Waals surface area contributed by atoms with Gasteiger partial charge in [-0.05, 0) is 29.8 Å². The van der Waals surface area contributed by atoms with Gasteiger partial charge < -0.3 is 14.8 Å². The van der Waals surface area contributed by atoms with Gasteiger partial charge in [0.05, 0.1) is 24.4 Å². The number of methoxy groups -OCH3 is 1. The van der Waals surface area contributed by atoms with E-state index in [2.05, 4.69) is 9.97 Å². The molecule has 1 saturated heterocycles. The number of nitrogens with zero attached hydrogens (tertiary/aromatic N) is 2. The number of anilines is 1. The van der Waals surface area contributed by atoms with Crippen molar-refractivity contribution in [3.05, 3.63) is 96.0 Å². The van der Waals surface area contributed by atoms with Crippen molar-refractivity contribution in [3.63, 3.8) is 0 Å². The highest BCUT2D eigenvalue weighted by atomic mass is 16.5. The third-order valence-corrected chi connectivity index (χ3v) is 5.63. The predicted molar refractivity (Wildman–Crippen MR) is 120 cm³/mol. The van der Waals surface area contributed by atoms with Gasteiger partial charge in [-0.2, -0.15) is 0 Å². The van der Waals surface area contributed by atoms with E-state index in [1.807, 2.05) is 24.3 Å². The van der Waals surface area contributed by atoms with Crippen molar-refractivity contribution in [2.75, 3.05) is 12.0 Å². The number of ketones is 1. The summed E-state index contributed by atoms with van der Waals surface area (Å²) in [6, 6.07) is 17.0. The van der Waals surface area contributed by atoms with Gasteiger partial charge in [0, 0.05) is 35.1 Å². The van der Waals surface area contributed by atoms with Gasteiger partial charge in [-0.3, -0.25) is 19.5 Å². The van der Waals surface area contributed by atoms with Gasteiger partial charge in [-0.1, -0.05) is 36.4 Å². The van der Waals surface area contributed by atoms with Gasteiger partial charge in [0.15, 0.2) is 0 Å². The molecular formula is C25H19N3O4. The van der Waals surface area contributed by atoms with E-state index >= 15 is 0 Å². The molecule has 3 heterocycles. The fourth-order valence-electron chi connectivity index (χ4n) is 4.18. The van der Waals surface area contributed by atoms with Gasteiger partial charge >= 0.3 is 0 Å². The average Bonchev–Trinajstić information content (AvgIpc) is 3.38. The van der Waals surface area contributed by atoms with E-state index in [1.165, 1.54) is 12.0 Å². The van der Waals surface area contributed by atoms with E-state index in [1.54, 1.807) is 55.0 Å². The zero-order valence-electron chi connectivity index (χ0n) is 17.1. The molecule has 1 amide bonds. The number of H-pyrrole nitrogens is 1. The Morgan fingerprint density at radius 3 is 2.62 bits per heavy atom. The smallest absolute Gasteiger partial charge is 0.300 e. The monoisotopic (exact) mass is 425 g/mol. The Hall–Kier alpha value is -4.39. The number of Topliss-reactive ketones (excluding diaryl/α,β-unsaturated/α-hetero) is 1. The maximum absolute atomic E-state index is 13.3. The molecule has 1 unspecified atom stereocenters. The van der Waals surface area contributed by atoms with Gasteiger partial charge in [0.25, 0.3) is 11.7 Å². The number of hydrogen-bond donors (Lipinski definition) is 2. The van der Waals surface area contributed by atoms with E-state index < -0.39 is 17.7 Å². The fourth-order valence-corrected chi connectivity index (χ4v) is 4.18. The first-order valence-electron chi connectivity index (χ1n) is 10.0. The van der Waals surface area contributed by atoms with Crippen molar-refractivity contribution in [2.24, 2.45) is 0 Å². The molecule has 7 heteroatoms. The normalized spacial score (nSPS) is 17.8. The van der Waals surface area contributed by atoms with Crippen molar-refractivity contribution in [1.82, 2.24) is 9.97 Å². The highest BCUT2D eigenvalue weighted by Gasteiger charge is 2.48. The van der Waals surface area contributed by atoms with Gasteiger partial charge in [0.1, 0.15) is 11.5 Å². The molecule has 0 radical (unpaired) electrons. The van der Waals surface area contributed by atoms with Crippen LogP contribution < -0.4 is 9.64 Å². The van der Waals surface area contributed by atoms with Crippen LogP contribution in [-0.2, 0) is 9.59 Å². The molecule has 1 fully saturated rings. The minimum Gasteiger partial charge on any atom is -0.507 e. The highest BCUT2D eigenvalue weighted by molar-refractivity contribution is 6.52. The molecule has 1 atom stereocenters. The summed E-state index contributed by atoms with van der Waals surface area (Å²) in [5.74, 6) is -1.32. The SMILES string of the molecule is COc1ccccc1N1C(=O)C(=O)/C(=C(\O)c2c[nH]c3ccccc23)C1c1cccnc1. The van der Waals surface area contributed by atoms with Crippen molar-refractivity contribution >= 4 is 34.0 Å². The van der Waals surface area contributed by atoms with Crippen LogP contribution >= 0.6 is 0 Å². The highest BCUT2D eigenvalue weighted by Crippen LogP contribution is 2.45. The Bertz CT molecular complexity index is 1370. The molecule has 0 saturated carbocycles. The summed E-state index contributed by atoms with van der Waals surface area (Å²) in [5.41, 5.74) is 2.29. The van der Waals surface area contributed by atoms with E-state index in [-0.39, 0.29) is 11.3 Å². The number of aromatic amines is 1. The number of hydrogen-bond acceptors (Lipinski definition) is 5. The van der Waals surface area contributed by atoms with Gasteiger partial charge in [0.2, 0.25) is 0 Å². The first-order valence-corrected chi connectivity index (χ1v) is 10.0. The summed E-state index contributed by atoms with van der Waals surface area (Å²) in [5, 5.41) is 12.1. The fraction of sp³-hybridized carbons (Fsp3) is 0.0800. The molecule has 2 aromatic carbocycles. The second-order valence-corrected chi connectivity index (χ2v) is 7.38. The van der Waals surface area contributed by atoms with Crippen LogP contribution in [0.4, 0.5) is 5.69 Å². The second-order valence-electron chi connectivity index (χ2n) is 7.38. The molecule has 1 aliphatic rings. The molecule has 0 bridgehead atoms. The Morgan fingerprint density at radius 2 is 1.84 bits per heavy atom. The van der Waals surface area contributed by atoms with Crippen molar-refractivity contribution in [2.45, 2.75) is 6.04 Å². The number of rotatable bonds is 4. The number of nitrogens with one attached hydrogen (secondary N) is 1. The molecule has 2 aromatic heterocycles. The van der Waals surface area contributed by atoms with Crippen LogP contribution in [0.2, 0.25) is 0 Å². The number of aliphatic hydroxyl groups is 1. The van der Waals surface area contributed by atoms with E-state index in [4.69, 9.17) is 4.74 Å². The number of carbonyl (C=O) groups excluding carboxylic acids is 2. The number of carbonyl (C=O) groups is 2. The number of pyridine rings is 1. The molecule has 4 aromatic rings. The first-order chi connectivity index (χ1) is 15.6. The lowest BCUT2D eigenvalue weighted by molar-refractivity contribution is -0.132. The van der Waals surface area contributed by atoms with Crippen LogP contribution in [-0.4, -0.2) is 33.9 Å². The third kappa shape index (κ3) is 2.94. The zero-order chi connectivity index (χ0) is 22.2. The number of para-hydroxylation sites is 3. The molecular weight excluding hydrogens is 406 g/mol. The molecule has 5 rings (SSSR count). The molecule has 1 aliphatic heterocycles. The molecule has 32 heavy (non-hydrogen) atoms. The number of ether oxygens (including phenoxy) is 1. The van der Waals surface area contributed by atoms with Crippen molar-refractivity contribution in [3.8, 4) is 5.75 Å². The van der Waals surface area contributed by atoms with Gasteiger partial charge in [-0.25, -0.2) is 0 Å². The summed E-state index contributed by atoms with van der Waals surface area (Å²) in [4.78, 5) is 35.1. The maximum atomic E-state index is 13.3. The number of benzene rings is 2. The Morgan fingerprint density at radius 1 is 1.06 bits per heavy atom. The molecule has 0 spiro atoms. The van der Waals surface area contributed by atoms with Crippen LogP contribution in [0.3, 0.4) is 0 Å². The lowest BCUT2D eigenvalue weighted by Crippen LogP contribution is -2.29. The van der Waals surface area contributed by atoms with E-state index in [0.29, 0.717) is 22.6 Å². The summed E-state index contributed by atoms with van der Waals surface area (Å²) in [6.07, 6.45) is 4.83. The summed E-state index contributed by atoms with van der Waals surface area (Å²) in [7, 11) is 1.50. The number of aliphatic hydroxyl groups excluding tert-OH is 1. The maximum Gasteiger partial charge on any atom is 0.300 e. The minimum absolute atomic E-state index is 0.00124. The topological polar surface area (TPSA) is 95.5 Å². The minimum atomic E-state index is -0.867. The Labute approximate surface area is 183 Å². The predicted octanol–water partition coefficient (Wildman–Crippen LogP) is 4.20. The molecule has 7 nitrogen and oxygen atoms in total. The van der Waals surface area contributed by atoms with Crippen LogP contribution in [0.25, 0.3) is 16.7 Å². The van der Waals surface area contributed by atoms with Crippen LogP contribution in [0.1, 0.15) is 17.2 Å². The lowest BCUT2D eigenvalue weighted by atomic mass is 9.96. The molecule has 0 aliphatic carbocycles. The quantitative estimate of drug-likeness (QED) is 0.290. The third-order valence-electron chi connectivity index (χ3n) is 5.63. The van der Waals surface area contributed by atoms with E-state index in [0.717, 1.165) is 10.9 Å². The summed E-state index contributed by atoms with van der Waals surface area (Å²) in [6.45, 7) is 0. The van der Waals surface area contributed by atoms with Gasteiger partial charge in [-0.15, -0.1) is 0 Å².